The summed E-state index contributed by atoms with van der Waals surface area (Å²) < 4.78 is 6.13. The van der Waals surface area contributed by atoms with E-state index in [0.29, 0.717) is 29.8 Å². The Morgan fingerprint density at radius 2 is 2.08 bits per heavy atom. The van der Waals surface area contributed by atoms with Gasteiger partial charge in [-0.05, 0) is 32.9 Å². The number of aryl methyl sites for hydroxylation is 1. The number of benzene rings is 1. The van der Waals surface area contributed by atoms with Crippen molar-refractivity contribution in [1.82, 2.24) is 19.9 Å². The van der Waals surface area contributed by atoms with Gasteiger partial charge in [0.1, 0.15) is 17.2 Å². The van der Waals surface area contributed by atoms with Crippen molar-refractivity contribution in [3.8, 4) is 5.75 Å². The van der Waals surface area contributed by atoms with Crippen LogP contribution in [0.25, 0.3) is 11.2 Å². The van der Waals surface area contributed by atoms with Gasteiger partial charge in [-0.1, -0.05) is 18.2 Å². The maximum Gasteiger partial charge on any atom is 0.256 e. The molecule has 0 saturated carbocycles. The first kappa shape index (κ1) is 15.6. The monoisotopic (exact) mass is 336 g/mol. The quantitative estimate of drug-likeness (QED) is 0.741. The van der Waals surface area contributed by atoms with Gasteiger partial charge in [-0.3, -0.25) is 4.79 Å². The number of hydrogen-bond donors (Lipinski definition) is 1. The molecule has 0 atom stereocenters. The number of imidazole rings is 1. The number of nitrogens with one attached hydrogen (secondary N) is 1. The fourth-order valence-electron chi connectivity index (χ4n) is 3.30. The van der Waals surface area contributed by atoms with Gasteiger partial charge in [-0.15, -0.1) is 0 Å². The minimum Gasteiger partial charge on any atom is -0.486 e. The molecule has 2 aromatic heterocycles. The third-order valence-electron chi connectivity index (χ3n) is 4.32. The number of para-hydroxylation sites is 1. The van der Waals surface area contributed by atoms with Gasteiger partial charge in [0.2, 0.25) is 0 Å². The lowest BCUT2D eigenvalue weighted by molar-refractivity contribution is 0.0502. The average molecular weight is 336 g/mol. The Bertz CT molecular complexity index is 961. The number of aromatic nitrogens is 3. The van der Waals surface area contributed by atoms with Gasteiger partial charge in [-0.2, -0.15) is 0 Å². The van der Waals surface area contributed by atoms with Crippen molar-refractivity contribution >= 4 is 17.1 Å². The highest BCUT2D eigenvalue weighted by atomic mass is 16.5. The van der Waals surface area contributed by atoms with E-state index < -0.39 is 5.60 Å². The van der Waals surface area contributed by atoms with E-state index in [2.05, 4.69) is 15.0 Å². The van der Waals surface area contributed by atoms with Crippen molar-refractivity contribution in [2.75, 3.05) is 6.54 Å². The Kier molecular flexibility index (Phi) is 3.49. The molecule has 1 N–H and O–H groups in total. The van der Waals surface area contributed by atoms with Crippen LogP contribution in [0.2, 0.25) is 0 Å². The van der Waals surface area contributed by atoms with Crippen LogP contribution in [-0.2, 0) is 6.54 Å². The Balaban J connectivity index is 1.76. The molecule has 0 bridgehead atoms. The minimum absolute atomic E-state index is 0.0515. The molecule has 0 saturated heterocycles. The highest BCUT2D eigenvalue weighted by Crippen LogP contribution is 2.30. The Morgan fingerprint density at radius 1 is 1.28 bits per heavy atom. The van der Waals surface area contributed by atoms with Gasteiger partial charge >= 0.3 is 0 Å². The van der Waals surface area contributed by atoms with Crippen molar-refractivity contribution in [3.63, 3.8) is 0 Å². The molecule has 1 aliphatic rings. The smallest absolute Gasteiger partial charge is 0.256 e. The van der Waals surface area contributed by atoms with Crippen LogP contribution >= 0.6 is 0 Å². The first-order valence-electron chi connectivity index (χ1n) is 8.30. The van der Waals surface area contributed by atoms with Gasteiger partial charge in [-0.25, -0.2) is 9.97 Å². The standard InChI is InChI=1S/C19H20N4O2/c1-12-21-16-14(8-9-20-17(16)22-12)18(24)23-10-13-6-4-5-7-15(13)25-19(2,3)11-23/h4-9H,10-11H2,1-3H3,(H,20,21,22). The zero-order valence-corrected chi connectivity index (χ0v) is 14.5. The van der Waals surface area contributed by atoms with Crippen molar-refractivity contribution in [3.05, 3.63) is 53.5 Å². The second kappa shape index (κ2) is 5.58. The van der Waals surface area contributed by atoms with Crippen LogP contribution in [0.5, 0.6) is 5.75 Å². The molecule has 4 rings (SSSR count). The molecular formula is C19H20N4O2. The third-order valence-corrected chi connectivity index (χ3v) is 4.32. The summed E-state index contributed by atoms with van der Waals surface area (Å²) in [6.07, 6.45) is 1.63. The number of nitrogens with zero attached hydrogens (tertiary/aromatic N) is 3. The number of hydrogen-bond acceptors (Lipinski definition) is 4. The molecule has 0 spiro atoms. The molecule has 0 radical (unpaired) electrons. The largest absolute Gasteiger partial charge is 0.486 e. The molecule has 128 valence electrons. The van der Waals surface area contributed by atoms with Crippen LogP contribution in [0.15, 0.2) is 36.5 Å². The Labute approximate surface area is 145 Å². The van der Waals surface area contributed by atoms with E-state index in [1.54, 1.807) is 12.3 Å². The highest BCUT2D eigenvalue weighted by molar-refractivity contribution is 6.04. The second-order valence-electron chi connectivity index (χ2n) is 7.01. The second-order valence-corrected chi connectivity index (χ2v) is 7.01. The van der Waals surface area contributed by atoms with Crippen molar-refractivity contribution in [1.29, 1.82) is 0 Å². The predicted octanol–water partition coefficient (Wildman–Crippen LogP) is 3.08. The number of rotatable bonds is 1. The first-order chi connectivity index (χ1) is 11.9. The molecule has 25 heavy (non-hydrogen) atoms. The number of carbonyl (C=O) groups excluding carboxylic acids is 1. The molecule has 0 unspecified atom stereocenters. The SMILES string of the molecule is Cc1nc2nccc(C(=O)N3Cc4ccccc4OC(C)(C)C3)c2[nH]1. The lowest BCUT2D eigenvalue weighted by Gasteiger charge is -2.29. The van der Waals surface area contributed by atoms with Crippen LogP contribution in [0.1, 0.15) is 35.6 Å². The van der Waals surface area contributed by atoms with E-state index in [0.717, 1.165) is 17.1 Å². The van der Waals surface area contributed by atoms with Crippen LogP contribution in [0, 0.1) is 6.92 Å². The maximum absolute atomic E-state index is 13.3. The number of pyridine rings is 1. The number of fused-ring (bicyclic) bond motifs is 2. The molecule has 0 fully saturated rings. The fraction of sp³-hybridized carbons (Fsp3) is 0.316. The molecule has 1 aromatic carbocycles. The summed E-state index contributed by atoms with van der Waals surface area (Å²) in [6.45, 7) is 6.86. The highest BCUT2D eigenvalue weighted by Gasteiger charge is 2.32. The van der Waals surface area contributed by atoms with Crippen molar-refractivity contribution in [2.45, 2.75) is 32.9 Å². The van der Waals surface area contributed by atoms with Crippen molar-refractivity contribution < 1.29 is 9.53 Å². The average Bonchev–Trinajstić information content (AvgIpc) is 2.87. The Morgan fingerprint density at radius 3 is 2.92 bits per heavy atom. The summed E-state index contributed by atoms with van der Waals surface area (Å²) in [5.74, 6) is 1.53. The fourth-order valence-corrected chi connectivity index (χ4v) is 3.30. The van der Waals surface area contributed by atoms with Crippen LogP contribution in [0.3, 0.4) is 0 Å². The maximum atomic E-state index is 13.3. The van der Waals surface area contributed by atoms with Gasteiger partial charge in [0.15, 0.2) is 5.65 Å². The van der Waals surface area contributed by atoms with Gasteiger partial charge in [0.05, 0.1) is 17.6 Å². The van der Waals surface area contributed by atoms with E-state index in [1.165, 1.54) is 0 Å². The Hall–Kier alpha value is -2.89. The normalized spacial score (nSPS) is 16.2. The molecule has 0 aliphatic carbocycles. The number of amides is 1. The lowest BCUT2D eigenvalue weighted by atomic mass is 10.1. The number of carbonyl (C=O) groups is 1. The summed E-state index contributed by atoms with van der Waals surface area (Å²) in [4.78, 5) is 26.8. The van der Waals surface area contributed by atoms with Gasteiger partial charge < -0.3 is 14.6 Å². The molecule has 3 aromatic rings. The summed E-state index contributed by atoms with van der Waals surface area (Å²) in [6, 6.07) is 9.61. The number of H-pyrrole nitrogens is 1. The topological polar surface area (TPSA) is 71.1 Å². The predicted molar refractivity (Wildman–Crippen MR) is 94.5 cm³/mol. The van der Waals surface area contributed by atoms with Crippen LogP contribution < -0.4 is 4.74 Å². The minimum atomic E-state index is -0.474. The van der Waals surface area contributed by atoms with Crippen molar-refractivity contribution in [2.24, 2.45) is 0 Å². The zero-order valence-electron chi connectivity index (χ0n) is 14.5. The molecule has 1 amide bonds. The number of ether oxygens (including phenoxy) is 1. The van der Waals surface area contributed by atoms with E-state index in [4.69, 9.17) is 4.74 Å². The summed E-state index contributed by atoms with van der Waals surface area (Å²) in [5, 5.41) is 0. The van der Waals surface area contributed by atoms with Crippen LogP contribution in [0.4, 0.5) is 0 Å². The summed E-state index contributed by atoms with van der Waals surface area (Å²) >= 11 is 0. The number of aromatic amines is 1. The molecule has 6 heteroatoms. The molecule has 1 aliphatic heterocycles. The van der Waals surface area contributed by atoms with E-state index in [-0.39, 0.29) is 5.91 Å². The van der Waals surface area contributed by atoms with E-state index in [9.17, 15) is 4.79 Å². The molecular weight excluding hydrogens is 316 g/mol. The summed E-state index contributed by atoms with van der Waals surface area (Å²) in [5.41, 5.74) is 2.36. The summed E-state index contributed by atoms with van der Waals surface area (Å²) in [7, 11) is 0. The lowest BCUT2D eigenvalue weighted by Crippen LogP contribution is -2.43. The van der Waals surface area contributed by atoms with E-state index >= 15 is 0 Å². The zero-order chi connectivity index (χ0) is 17.6. The van der Waals surface area contributed by atoms with E-state index in [1.807, 2.05) is 49.9 Å². The van der Waals surface area contributed by atoms with Gasteiger partial charge in [0.25, 0.3) is 5.91 Å². The third kappa shape index (κ3) is 2.84. The van der Waals surface area contributed by atoms with Crippen LogP contribution in [-0.4, -0.2) is 37.9 Å². The molecule has 3 heterocycles. The van der Waals surface area contributed by atoms with Gasteiger partial charge in [0, 0.05) is 18.3 Å². The first-order valence-corrected chi connectivity index (χ1v) is 8.30. The molecule has 6 nitrogen and oxygen atoms in total.